The number of methoxy groups -OCH3 is 1. The zero-order valence-electron chi connectivity index (χ0n) is 10.9. The van der Waals surface area contributed by atoms with E-state index in [2.05, 4.69) is 0 Å². The van der Waals surface area contributed by atoms with E-state index >= 15 is 0 Å². The summed E-state index contributed by atoms with van der Waals surface area (Å²) in [6.45, 7) is 3.77. The predicted octanol–water partition coefficient (Wildman–Crippen LogP) is 3.68. The third-order valence-electron chi connectivity index (χ3n) is 3.06. The molecular formula is C14H13ClN2O2. The molecule has 19 heavy (non-hydrogen) atoms. The molecule has 0 aliphatic heterocycles. The fraction of sp³-hybridized carbons (Fsp3) is 0.214. The van der Waals surface area contributed by atoms with E-state index in [9.17, 15) is 0 Å². The number of halogens is 1. The topological polar surface area (TPSA) is 72.2 Å². The largest absolute Gasteiger partial charge is 0.496 e. The standard InChI is InChI=1S/C14H13ClN2O2/c1-7-4-11(18-3)12(8(2)13(7)15)10-6-19-14(17)9(10)5-16/h4,6H,17H2,1-3H3. The maximum absolute atomic E-state index is 9.16. The molecule has 2 rings (SSSR count). The molecule has 98 valence electrons. The normalized spacial score (nSPS) is 10.3. The molecule has 0 aliphatic rings. The Hall–Kier alpha value is -2.12. The van der Waals surface area contributed by atoms with Crippen molar-refractivity contribution in [3.05, 3.63) is 34.0 Å². The van der Waals surface area contributed by atoms with Gasteiger partial charge in [-0.05, 0) is 31.0 Å². The molecule has 0 bridgehead atoms. The number of nitrogen functional groups attached to an aromatic ring is 1. The summed E-state index contributed by atoms with van der Waals surface area (Å²) in [5.41, 5.74) is 9.00. The van der Waals surface area contributed by atoms with Gasteiger partial charge in [0, 0.05) is 16.1 Å². The van der Waals surface area contributed by atoms with Gasteiger partial charge in [0.2, 0.25) is 5.88 Å². The van der Waals surface area contributed by atoms with Crippen LogP contribution in [0.1, 0.15) is 16.7 Å². The van der Waals surface area contributed by atoms with Crippen molar-refractivity contribution in [1.82, 2.24) is 0 Å². The van der Waals surface area contributed by atoms with Gasteiger partial charge in [-0.3, -0.25) is 0 Å². The van der Waals surface area contributed by atoms with Crippen molar-refractivity contribution in [1.29, 1.82) is 5.26 Å². The van der Waals surface area contributed by atoms with E-state index in [1.54, 1.807) is 7.11 Å². The second-order valence-corrected chi connectivity index (χ2v) is 4.59. The highest BCUT2D eigenvalue weighted by Gasteiger charge is 2.20. The fourth-order valence-corrected chi connectivity index (χ4v) is 2.24. The number of ether oxygens (including phenoxy) is 1. The molecule has 2 aromatic rings. The van der Waals surface area contributed by atoms with E-state index in [1.807, 2.05) is 26.0 Å². The minimum atomic E-state index is 0.0932. The highest BCUT2D eigenvalue weighted by atomic mass is 35.5. The molecule has 0 saturated carbocycles. The van der Waals surface area contributed by atoms with Gasteiger partial charge in [0.1, 0.15) is 23.6 Å². The summed E-state index contributed by atoms with van der Waals surface area (Å²) in [6, 6.07) is 3.87. The van der Waals surface area contributed by atoms with Gasteiger partial charge in [-0.15, -0.1) is 0 Å². The fourth-order valence-electron chi connectivity index (χ4n) is 2.09. The molecule has 0 saturated heterocycles. The summed E-state index contributed by atoms with van der Waals surface area (Å²) in [4.78, 5) is 0. The second-order valence-electron chi connectivity index (χ2n) is 4.21. The highest BCUT2D eigenvalue weighted by molar-refractivity contribution is 6.32. The van der Waals surface area contributed by atoms with Crippen LogP contribution in [-0.4, -0.2) is 7.11 Å². The van der Waals surface area contributed by atoms with Crippen LogP contribution in [0.15, 0.2) is 16.7 Å². The quantitative estimate of drug-likeness (QED) is 0.908. The van der Waals surface area contributed by atoms with Crippen molar-refractivity contribution in [2.45, 2.75) is 13.8 Å². The van der Waals surface area contributed by atoms with Crippen LogP contribution in [0, 0.1) is 25.2 Å². The Morgan fingerprint density at radius 2 is 2.11 bits per heavy atom. The Labute approximate surface area is 116 Å². The monoisotopic (exact) mass is 276 g/mol. The van der Waals surface area contributed by atoms with E-state index in [0.717, 1.165) is 16.7 Å². The Balaban J connectivity index is 2.82. The molecule has 0 radical (unpaired) electrons. The molecule has 2 N–H and O–H groups in total. The van der Waals surface area contributed by atoms with Crippen molar-refractivity contribution in [2.75, 3.05) is 12.8 Å². The van der Waals surface area contributed by atoms with Crippen molar-refractivity contribution in [3.8, 4) is 22.9 Å². The number of nitriles is 1. The van der Waals surface area contributed by atoms with Crippen LogP contribution >= 0.6 is 11.6 Å². The maximum atomic E-state index is 9.16. The third kappa shape index (κ3) is 2.02. The average Bonchev–Trinajstić information content (AvgIpc) is 2.76. The van der Waals surface area contributed by atoms with Crippen LogP contribution in [0.4, 0.5) is 5.88 Å². The van der Waals surface area contributed by atoms with Gasteiger partial charge in [-0.2, -0.15) is 5.26 Å². The van der Waals surface area contributed by atoms with Gasteiger partial charge >= 0.3 is 0 Å². The minimum absolute atomic E-state index is 0.0932. The number of furan rings is 1. The van der Waals surface area contributed by atoms with E-state index in [0.29, 0.717) is 21.9 Å². The number of rotatable bonds is 2. The Morgan fingerprint density at radius 1 is 1.42 bits per heavy atom. The third-order valence-corrected chi connectivity index (χ3v) is 3.65. The number of hydrogen-bond donors (Lipinski definition) is 1. The zero-order chi connectivity index (χ0) is 14.2. The molecule has 0 aliphatic carbocycles. The van der Waals surface area contributed by atoms with E-state index < -0.39 is 0 Å². The van der Waals surface area contributed by atoms with Gasteiger partial charge in [-0.25, -0.2) is 0 Å². The smallest absolute Gasteiger partial charge is 0.208 e. The van der Waals surface area contributed by atoms with Crippen LogP contribution in [0.25, 0.3) is 11.1 Å². The molecule has 0 fully saturated rings. The van der Waals surface area contributed by atoms with Crippen LogP contribution in [0.5, 0.6) is 5.75 Å². The summed E-state index contributed by atoms with van der Waals surface area (Å²) in [5.74, 6) is 0.729. The number of nitrogens with zero attached hydrogens (tertiary/aromatic N) is 1. The lowest BCUT2D eigenvalue weighted by molar-refractivity contribution is 0.416. The van der Waals surface area contributed by atoms with Gasteiger partial charge in [0.25, 0.3) is 0 Å². The first-order valence-electron chi connectivity index (χ1n) is 5.62. The first kappa shape index (κ1) is 13.3. The van der Waals surface area contributed by atoms with Crippen molar-refractivity contribution in [3.63, 3.8) is 0 Å². The van der Waals surface area contributed by atoms with E-state index in [-0.39, 0.29) is 5.88 Å². The molecule has 0 unspecified atom stereocenters. The van der Waals surface area contributed by atoms with Gasteiger partial charge in [0.05, 0.1) is 7.11 Å². The summed E-state index contributed by atoms with van der Waals surface area (Å²) in [7, 11) is 1.57. The number of nitrogens with two attached hydrogens (primary N) is 1. The predicted molar refractivity (Wildman–Crippen MR) is 74.3 cm³/mol. The summed E-state index contributed by atoms with van der Waals surface area (Å²) >= 11 is 6.26. The van der Waals surface area contributed by atoms with Crippen LogP contribution < -0.4 is 10.5 Å². The van der Waals surface area contributed by atoms with Gasteiger partial charge in [-0.1, -0.05) is 11.6 Å². The summed E-state index contributed by atoms with van der Waals surface area (Å²) < 4.78 is 10.5. The van der Waals surface area contributed by atoms with Crippen molar-refractivity contribution < 1.29 is 9.15 Å². The Morgan fingerprint density at radius 3 is 2.68 bits per heavy atom. The molecule has 5 heteroatoms. The van der Waals surface area contributed by atoms with Crippen LogP contribution in [0.2, 0.25) is 5.02 Å². The number of aryl methyl sites for hydroxylation is 1. The van der Waals surface area contributed by atoms with Gasteiger partial charge < -0.3 is 14.9 Å². The van der Waals surface area contributed by atoms with E-state index in [1.165, 1.54) is 6.26 Å². The lowest BCUT2D eigenvalue weighted by Crippen LogP contribution is -1.95. The number of anilines is 1. The van der Waals surface area contributed by atoms with Crippen LogP contribution in [0.3, 0.4) is 0 Å². The highest BCUT2D eigenvalue weighted by Crippen LogP contribution is 2.41. The summed E-state index contributed by atoms with van der Waals surface area (Å²) in [5, 5.41) is 9.80. The van der Waals surface area contributed by atoms with E-state index in [4.69, 9.17) is 31.8 Å². The molecule has 0 atom stereocenters. The average molecular weight is 277 g/mol. The minimum Gasteiger partial charge on any atom is -0.496 e. The second kappa shape index (κ2) is 4.87. The molecule has 4 nitrogen and oxygen atoms in total. The lowest BCUT2D eigenvalue weighted by atomic mass is 9.96. The molecular weight excluding hydrogens is 264 g/mol. The van der Waals surface area contributed by atoms with Crippen LogP contribution in [-0.2, 0) is 0 Å². The molecule has 1 aromatic heterocycles. The number of benzene rings is 1. The maximum Gasteiger partial charge on any atom is 0.208 e. The zero-order valence-corrected chi connectivity index (χ0v) is 11.6. The first-order chi connectivity index (χ1) is 9.01. The molecule has 1 aromatic carbocycles. The molecule has 0 spiro atoms. The van der Waals surface area contributed by atoms with Crippen molar-refractivity contribution >= 4 is 17.5 Å². The Kier molecular flexibility index (Phi) is 3.41. The first-order valence-corrected chi connectivity index (χ1v) is 6.00. The molecule has 1 heterocycles. The molecule has 0 amide bonds. The Bertz CT molecular complexity index is 684. The SMILES string of the molecule is COc1cc(C)c(Cl)c(C)c1-c1coc(N)c1C#N. The number of hydrogen-bond acceptors (Lipinski definition) is 4. The van der Waals surface area contributed by atoms with Gasteiger partial charge in [0.15, 0.2) is 0 Å². The lowest BCUT2D eigenvalue weighted by Gasteiger charge is -2.14. The summed E-state index contributed by atoms with van der Waals surface area (Å²) in [6.07, 6.45) is 1.45. The van der Waals surface area contributed by atoms with Crippen molar-refractivity contribution in [2.24, 2.45) is 0 Å².